The van der Waals surface area contributed by atoms with Crippen molar-refractivity contribution in [3.05, 3.63) is 58.7 Å². The van der Waals surface area contributed by atoms with Gasteiger partial charge in [0.05, 0.1) is 0 Å². The number of hydrogen-bond acceptors (Lipinski definition) is 0. The number of rotatable bonds is 0. The summed E-state index contributed by atoms with van der Waals surface area (Å²) in [4.78, 5) is 0. The van der Waals surface area contributed by atoms with E-state index in [1.807, 2.05) is 0 Å². The van der Waals surface area contributed by atoms with Gasteiger partial charge in [-0.15, -0.1) is 0 Å². The fourth-order valence-corrected chi connectivity index (χ4v) is 1.20. The van der Waals surface area contributed by atoms with Crippen molar-refractivity contribution in [3.8, 4) is 0 Å². The molecule has 0 nitrogen and oxygen atoms in total. The molecule has 2 aromatic carbocycles. The third kappa shape index (κ3) is 7.38. The molecule has 2 aromatic rings. The van der Waals surface area contributed by atoms with E-state index in [1.54, 1.807) is 0 Å². The van der Waals surface area contributed by atoms with Crippen LogP contribution in [0.1, 0.15) is 22.3 Å². The third-order valence-electron chi connectivity index (χ3n) is 2.63. The third-order valence-corrected chi connectivity index (χ3v) is 2.63. The van der Waals surface area contributed by atoms with E-state index >= 15 is 0 Å². The van der Waals surface area contributed by atoms with E-state index in [1.165, 1.54) is 22.3 Å². The van der Waals surface area contributed by atoms with Crippen molar-refractivity contribution in [2.45, 2.75) is 27.7 Å². The molecule has 0 aliphatic carbocycles. The second-order valence-corrected chi connectivity index (χ2v) is 3.78. The van der Waals surface area contributed by atoms with Crippen LogP contribution in [0.25, 0.3) is 0 Å². The van der Waals surface area contributed by atoms with Crippen LogP contribution in [-0.4, -0.2) is 0 Å². The molecule has 0 amide bonds. The van der Waals surface area contributed by atoms with E-state index in [-0.39, 0.29) is 35.6 Å². The van der Waals surface area contributed by atoms with Crippen molar-refractivity contribution in [3.63, 3.8) is 0 Å². The molecule has 17 heavy (non-hydrogen) atoms. The maximum atomic E-state index is 2.12. The van der Waals surface area contributed by atoms with Crippen molar-refractivity contribution < 1.29 is 35.6 Å². The molecule has 92 valence electrons. The van der Waals surface area contributed by atoms with E-state index in [4.69, 9.17) is 0 Å². The normalized spacial score (nSPS) is 7.76. The molecule has 0 N–H and O–H groups in total. The molecule has 0 aliphatic rings. The second-order valence-electron chi connectivity index (χ2n) is 3.78. The number of halogens is 2. The molecule has 0 saturated heterocycles. The smallest absolute Gasteiger partial charge is 1.00 e. The number of aryl methyl sites for hydroxylation is 4. The molecular weight excluding hydrogens is 297 g/mol. The summed E-state index contributed by atoms with van der Waals surface area (Å²) in [6, 6.07) is 12.6. The Labute approximate surface area is 122 Å². The van der Waals surface area contributed by atoms with Crippen LogP contribution in [0.2, 0.25) is 0 Å². The van der Waals surface area contributed by atoms with Crippen molar-refractivity contribution >= 4 is 0 Å². The summed E-state index contributed by atoms with van der Waals surface area (Å²) in [5.41, 5.74) is 5.56. The van der Waals surface area contributed by atoms with Gasteiger partial charge in [0, 0.05) is 0 Å². The summed E-state index contributed by atoms with van der Waals surface area (Å²) in [5, 5.41) is 0. The zero-order valence-electron chi connectivity index (χ0n) is 10.7. The molecule has 0 atom stereocenters. The van der Waals surface area contributed by atoms with Gasteiger partial charge in [-0.1, -0.05) is 27.7 Å². The Morgan fingerprint density at radius 3 is 1.12 bits per heavy atom. The Hall–Kier alpha value is -0.557. The van der Waals surface area contributed by atoms with E-state index in [2.05, 4.69) is 64.1 Å². The van der Waals surface area contributed by atoms with Crippen LogP contribution in [0.5, 0.6) is 0 Å². The molecule has 0 unspecified atom stereocenters. The van der Waals surface area contributed by atoms with Gasteiger partial charge in [-0.2, -0.15) is 34.4 Å². The molecular formula is C14H18F2Zr. The molecule has 0 heterocycles. The topological polar surface area (TPSA) is 0 Å². The van der Waals surface area contributed by atoms with Gasteiger partial charge in [-0.05, 0) is 0 Å². The maximum Gasteiger partial charge on any atom is 4.00 e. The predicted molar refractivity (Wildman–Crippen MR) is 63.0 cm³/mol. The van der Waals surface area contributed by atoms with Crippen molar-refractivity contribution in [2.24, 2.45) is 0 Å². The molecule has 0 bridgehead atoms. The molecule has 3 heteroatoms. The van der Waals surface area contributed by atoms with Gasteiger partial charge in [-0.3, -0.25) is 0 Å². The zero-order chi connectivity index (χ0) is 10.6. The van der Waals surface area contributed by atoms with Gasteiger partial charge in [0.1, 0.15) is 0 Å². The van der Waals surface area contributed by atoms with Crippen LogP contribution >= 0.6 is 0 Å². The summed E-state index contributed by atoms with van der Waals surface area (Å²) in [6.07, 6.45) is 0. The van der Waals surface area contributed by atoms with Gasteiger partial charge in [0.15, 0.2) is 0 Å². The Morgan fingerprint density at radius 2 is 1.06 bits per heavy atom. The fourth-order valence-electron chi connectivity index (χ4n) is 1.20. The summed E-state index contributed by atoms with van der Waals surface area (Å²) >= 11 is 0. The SMILES string of the molecule is Cc1ccc[c-]1C.Cc1ccc[c-]1C.[F-].[F-].[Zr+4]. The summed E-state index contributed by atoms with van der Waals surface area (Å²) in [6.45, 7) is 8.48. The quantitative estimate of drug-likeness (QED) is 0.496. The molecule has 0 spiro atoms. The van der Waals surface area contributed by atoms with Crippen LogP contribution < -0.4 is 9.41 Å². The maximum absolute atomic E-state index is 2.12. The first-order valence-electron chi connectivity index (χ1n) is 4.99. The summed E-state index contributed by atoms with van der Waals surface area (Å²) in [7, 11) is 0. The Bertz CT molecular complexity index is 317. The van der Waals surface area contributed by atoms with Gasteiger partial charge < -0.3 is 9.41 Å². The molecule has 0 fully saturated rings. The van der Waals surface area contributed by atoms with Crippen LogP contribution in [0.3, 0.4) is 0 Å². The average Bonchev–Trinajstić information content (AvgIpc) is 2.67. The van der Waals surface area contributed by atoms with Crippen LogP contribution in [0.4, 0.5) is 0 Å². The van der Waals surface area contributed by atoms with E-state index in [9.17, 15) is 0 Å². The van der Waals surface area contributed by atoms with E-state index in [0.717, 1.165) is 0 Å². The van der Waals surface area contributed by atoms with Crippen LogP contribution in [0, 0.1) is 27.7 Å². The minimum atomic E-state index is 0. The minimum absolute atomic E-state index is 0. The Balaban J connectivity index is -0.000000196. The van der Waals surface area contributed by atoms with Gasteiger partial charge in [0.2, 0.25) is 0 Å². The van der Waals surface area contributed by atoms with E-state index < -0.39 is 0 Å². The monoisotopic (exact) mass is 314 g/mol. The van der Waals surface area contributed by atoms with Crippen molar-refractivity contribution in [2.75, 3.05) is 0 Å². The Kier molecular flexibility index (Phi) is 13.5. The molecule has 0 radical (unpaired) electrons. The Morgan fingerprint density at radius 1 is 0.765 bits per heavy atom. The summed E-state index contributed by atoms with van der Waals surface area (Å²) < 4.78 is 0. The second kappa shape index (κ2) is 10.6. The van der Waals surface area contributed by atoms with Gasteiger partial charge in [0.25, 0.3) is 0 Å². The van der Waals surface area contributed by atoms with E-state index in [0.29, 0.717) is 0 Å². The first kappa shape index (κ1) is 21.7. The van der Waals surface area contributed by atoms with Gasteiger partial charge >= 0.3 is 26.2 Å². The minimum Gasteiger partial charge on any atom is -1.00 e. The van der Waals surface area contributed by atoms with Crippen LogP contribution in [-0.2, 0) is 26.2 Å². The predicted octanol–water partition coefficient (Wildman–Crippen LogP) is -1.95. The van der Waals surface area contributed by atoms with Crippen LogP contribution in [0.15, 0.2) is 36.4 Å². The largest absolute Gasteiger partial charge is 4.00 e. The first-order valence-corrected chi connectivity index (χ1v) is 4.99. The standard InChI is InChI=1S/2C7H9.2FH.Zr/c2*1-6-4-3-5-7(6)2;;;/h2*3-5H,1-2H3;2*1H;/q2*-1;;;+4/p-2. The molecule has 0 aromatic heterocycles. The van der Waals surface area contributed by atoms with Gasteiger partial charge in [-0.25, -0.2) is 24.3 Å². The summed E-state index contributed by atoms with van der Waals surface area (Å²) in [5.74, 6) is 0. The molecule has 2 rings (SSSR count). The molecule has 0 saturated carbocycles. The molecule has 0 aliphatic heterocycles. The average molecular weight is 316 g/mol. The fraction of sp³-hybridized carbons (Fsp3) is 0.286. The zero-order valence-corrected chi connectivity index (χ0v) is 13.2. The van der Waals surface area contributed by atoms with Crippen molar-refractivity contribution in [1.82, 2.24) is 0 Å². The van der Waals surface area contributed by atoms with Crippen molar-refractivity contribution in [1.29, 1.82) is 0 Å². The first-order chi connectivity index (χ1) is 6.61. The number of hydrogen-bond donors (Lipinski definition) is 0.